The molecule has 1 nitrogen and oxygen atoms in total. The van der Waals surface area contributed by atoms with Crippen LogP contribution in [0.15, 0.2) is 17.5 Å². The predicted octanol–water partition coefficient (Wildman–Crippen LogP) is 3.22. The average molecular weight is 191 g/mol. The lowest BCUT2D eigenvalue weighted by Crippen LogP contribution is -1.79. The minimum absolute atomic E-state index is 0.342. The molecule has 0 atom stereocenters. The molecule has 64 valence electrons. The first-order valence-electron chi connectivity index (χ1n) is 3.80. The molecule has 0 unspecified atom stereocenters. The molecule has 1 aromatic carbocycles. The highest BCUT2D eigenvalue weighted by Gasteiger charge is 2.07. The van der Waals surface area contributed by atoms with E-state index in [0.29, 0.717) is 5.56 Å². The van der Waals surface area contributed by atoms with Crippen molar-refractivity contribution < 1.29 is 4.39 Å². The molecule has 0 amide bonds. The van der Waals surface area contributed by atoms with Crippen molar-refractivity contribution >= 4 is 21.4 Å². The lowest BCUT2D eigenvalue weighted by atomic mass is 10.1. The van der Waals surface area contributed by atoms with Gasteiger partial charge in [-0.25, -0.2) is 4.39 Å². The number of hydrogen-bond acceptors (Lipinski definition) is 2. The van der Waals surface area contributed by atoms with Gasteiger partial charge in [0.2, 0.25) is 0 Å². The Hall–Kier alpha value is -1.40. The van der Waals surface area contributed by atoms with Crippen molar-refractivity contribution in [2.24, 2.45) is 0 Å². The second kappa shape index (κ2) is 2.82. The third-order valence-corrected chi connectivity index (χ3v) is 3.10. The molecule has 13 heavy (non-hydrogen) atoms. The van der Waals surface area contributed by atoms with E-state index in [-0.39, 0.29) is 5.82 Å². The summed E-state index contributed by atoms with van der Waals surface area (Å²) in [6, 6.07) is 4.74. The first kappa shape index (κ1) is 8.21. The van der Waals surface area contributed by atoms with E-state index in [4.69, 9.17) is 5.26 Å². The number of rotatable bonds is 0. The van der Waals surface area contributed by atoms with E-state index in [9.17, 15) is 4.39 Å². The highest BCUT2D eigenvalue weighted by atomic mass is 32.1. The summed E-state index contributed by atoms with van der Waals surface area (Å²) in [5, 5.41) is 11.5. The third kappa shape index (κ3) is 1.20. The molecule has 0 bridgehead atoms. The fraction of sp³-hybridized carbons (Fsp3) is 0.100. The summed E-state index contributed by atoms with van der Waals surface area (Å²) in [6.07, 6.45) is 0. The Kier molecular flexibility index (Phi) is 1.78. The van der Waals surface area contributed by atoms with Gasteiger partial charge in [0.05, 0.1) is 10.3 Å². The first-order valence-corrected chi connectivity index (χ1v) is 4.68. The van der Waals surface area contributed by atoms with E-state index in [0.717, 1.165) is 15.6 Å². The second-order valence-corrected chi connectivity index (χ2v) is 3.74. The Morgan fingerprint density at radius 1 is 1.46 bits per heavy atom. The quantitative estimate of drug-likeness (QED) is 0.627. The van der Waals surface area contributed by atoms with Gasteiger partial charge in [0.15, 0.2) is 0 Å². The Balaban J connectivity index is 2.94. The molecule has 0 saturated heterocycles. The number of benzene rings is 1. The molecule has 0 N–H and O–H groups in total. The van der Waals surface area contributed by atoms with Gasteiger partial charge in [-0.3, -0.25) is 0 Å². The summed E-state index contributed by atoms with van der Waals surface area (Å²) in [6.45, 7) is 1.92. The summed E-state index contributed by atoms with van der Waals surface area (Å²) in [4.78, 5) is 0. The van der Waals surface area contributed by atoms with E-state index >= 15 is 0 Å². The van der Waals surface area contributed by atoms with Crippen LogP contribution < -0.4 is 0 Å². The second-order valence-electron chi connectivity index (χ2n) is 2.86. The van der Waals surface area contributed by atoms with Crippen molar-refractivity contribution in [3.63, 3.8) is 0 Å². The maximum Gasteiger partial charge on any atom is 0.125 e. The van der Waals surface area contributed by atoms with Gasteiger partial charge in [-0.05, 0) is 35.4 Å². The van der Waals surface area contributed by atoms with Crippen LogP contribution in [0.4, 0.5) is 4.39 Å². The molecule has 0 spiro atoms. The first-order chi connectivity index (χ1) is 6.22. The van der Waals surface area contributed by atoms with Gasteiger partial charge in [0.1, 0.15) is 11.9 Å². The van der Waals surface area contributed by atoms with Crippen LogP contribution in [0.1, 0.15) is 11.1 Å². The number of fused-ring (bicyclic) bond motifs is 1. The maximum absolute atomic E-state index is 13.0. The number of hydrogen-bond donors (Lipinski definition) is 0. The molecule has 1 heterocycles. The number of nitrogens with zero attached hydrogens (tertiary/aromatic N) is 1. The fourth-order valence-corrected chi connectivity index (χ4v) is 2.31. The Bertz CT molecular complexity index is 507. The van der Waals surface area contributed by atoms with E-state index in [2.05, 4.69) is 0 Å². The molecule has 0 fully saturated rings. The molecule has 0 radical (unpaired) electrons. The molecule has 0 aliphatic heterocycles. The van der Waals surface area contributed by atoms with E-state index in [1.54, 1.807) is 0 Å². The zero-order chi connectivity index (χ0) is 9.42. The third-order valence-electron chi connectivity index (χ3n) is 1.95. The van der Waals surface area contributed by atoms with Crippen molar-refractivity contribution in [3.8, 4) is 6.07 Å². The molecule has 2 rings (SSSR count). The Labute approximate surface area is 79.0 Å². The van der Waals surface area contributed by atoms with Crippen LogP contribution in [-0.4, -0.2) is 0 Å². The van der Waals surface area contributed by atoms with Gasteiger partial charge in [-0.2, -0.15) is 5.26 Å². The SMILES string of the molecule is Cc1csc2c(C#N)cc(F)cc12. The van der Waals surface area contributed by atoms with E-state index in [1.807, 2.05) is 18.4 Å². The molecule has 0 aliphatic carbocycles. The summed E-state index contributed by atoms with van der Waals surface area (Å²) in [5.74, 6) is -0.342. The zero-order valence-corrected chi connectivity index (χ0v) is 7.78. The monoisotopic (exact) mass is 191 g/mol. The van der Waals surface area contributed by atoms with Crippen LogP contribution in [-0.2, 0) is 0 Å². The molecule has 0 saturated carbocycles. The summed E-state index contributed by atoms with van der Waals surface area (Å²) in [5.41, 5.74) is 1.45. The van der Waals surface area contributed by atoms with Gasteiger partial charge in [-0.1, -0.05) is 0 Å². The molecule has 1 aromatic heterocycles. The van der Waals surface area contributed by atoms with Crippen molar-refractivity contribution in [1.29, 1.82) is 5.26 Å². The van der Waals surface area contributed by atoms with Crippen LogP contribution in [0.5, 0.6) is 0 Å². The number of thiophene rings is 1. The minimum atomic E-state index is -0.342. The highest BCUT2D eigenvalue weighted by molar-refractivity contribution is 7.17. The Morgan fingerprint density at radius 2 is 2.23 bits per heavy atom. The zero-order valence-electron chi connectivity index (χ0n) is 6.97. The smallest absolute Gasteiger partial charge is 0.125 e. The average Bonchev–Trinajstić information content (AvgIpc) is 2.47. The van der Waals surface area contributed by atoms with Crippen molar-refractivity contribution in [2.45, 2.75) is 6.92 Å². The van der Waals surface area contributed by atoms with Gasteiger partial charge >= 0.3 is 0 Å². The van der Waals surface area contributed by atoms with Crippen LogP contribution in [0, 0.1) is 24.1 Å². The van der Waals surface area contributed by atoms with E-state index in [1.165, 1.54) is 23.5 Å². The lowest BCUT2D eigenvalue weighted by Gasteiger charge is -1.94. The summed E-state index contributed by atoms with van der Waals surface area (Å²) < 4.78 is 13.9. The molecular formula is C10H6FNS. The number of nitriles is 1. The van der Waals surface area contributed by atoms with Crippen LogP contribution in [0.3, 0.4) is 0 Å². The van der Waals surface area contributed by atoms with Gasteiger partial charge < -0.3 is 0 Å². The van der Waals surface area contributed by atoms with Gasteiger partial charge in [0, 0.05) is 0 Å². The van der Waals surface area contributed by atoms with Crippen LogP contribution in [0.25, 0.3) is 10.1 Å². The number of halogens is 1. The standard InChI is InChI=1S/C10H6FNS/c1-6-5-13-10-7(4-12)2-8(11)3-9(6)10/h2-3,5H,1H3. The Morgan fingerprint density at radius 3 is 2.92 bits per heavy atom. The summed E-state index contributed by atoms with van der Waals surface area (Å²) in [7, 11) is 0. The van der Waals surface area contributed by atoms with Crippen molar-refractivity contribution in [3.05, 3.63) is 34.5 Å². The summed E-state index contributed by atoms with van der Waals surface area (Å²) >= 11 is 1.48. The maximum atomic E-state index is 13.0. The number of aryl methyl sites for hydroxylation is 1. The molecular weight excluding hydrogens is 185 g/mol. The highest BCUT2D eigenvalue weighted by Crippen LogP contribution is 2.29. The van der Waals surface area contributed by atoms with Crippen LogP contribution >= 0.6 is 11.3 Å². The molecule has 3 heteroatoms. The van der Waals surface area contributed by atoms with Gasteiger partial charge in [0.25, 0.3) is 0 Å². The van der Waals surface area contributed by atoms with Gasteiger partial charge in [-0.15, -0.1) is 11.3 Å². The molecule has 0 aliphatic rings. The topological polar surface area (TPSA) is 23.8 Å². The van der Waals surface area contributed by atoms with Crippen LogP contribution in [0.2, 0.25) is 0 Å². The van der Waals surface area contributed by atoms with Crippen molar-refractivity contribution in [2.75, 3.05) is 0 Å². The largest absolute Gasteiger partial charge is 0.207 e. The van der Waals surface area contributed by atoms with E-state index < -0.39 is 0 Å². The predicted molar refractivity (Wildman–Crippen MR) is 51.2 cm³/mol. The fourth-order valence-electron chi connectivity index (χ4n) is 1.31. The lowest BCUT2D eigenvalue weighted by molar-refractivity contribution is 0.629. The van der Waals surface area contributed by atoms with Crippen molar-refractivity contribution in [1.82, 2.24) is 0 Å². The molecule has 2 aromatic rings. The minimum Gasteiger partial charge on any atom is -0.207 e. The normalized spacial score (nSPS) is 10.2.